The number of halogens is 3. The van der Waals surface area contributed by atoms with Crippen molar-refractivity contribution >= 4 is 45.0 Å². The van der Waals surface area contributed by atoms with E-state index in [9.17, 15) is 4.79 Å². The molecular weight excluding hydrogens is 325 g/mol. The summed E-state index contributed by atoms with van der Waals surface area (Å²) < 4.78 is 0.723. The predicted octanol–water partition coefficient (Wildman–Crippen LogP) is 3.99. The summed E-state index contributed by atoms with van der Waals surface area (Å²) in [6.45, 7) is 0. The van der Waals surface area contributed by atoms with Gasteiger partial charge < -0.3 is 5.32 Å². The summed E-state index contributed by atoms with van der Waals surface area (Å²) in [7, 11) is 0. The highest BCUT2D eigenvalue weighted by Gasteiger charge is 2.37. The smallest absolute Gasteiger partial charge is 0.253 e. The number of nitrogens with one attached hydrogen (secondary N) is 1. The molecule has 0 atom stereocenters. The van der Waals surface area contributed by atoms with Crippen LogP contribution in [0.5, 0.6) is 0 Å². The Morgan fingerprint density at radius 1 is 1.47 bits per heavy atom. The van der Waals surface area contributed by atoms with Crippen molar-refractivity contribution in [2.75, 3.05) is 5.88 Å². The minimum absolute atomic E-state index is 0.156. The molecular formula is C12H12BrCl2NO. The van der Waals surface area contributed by atoms with Crippen molar-refractivity contribution in [3.8, 4) is 0 Å². The van der Waals surface area contributed by atoms with Gasteiger partial charge in [-0.25, -0.2) is 0 Å². The summed E-state index contributed by atoms with van der Waals surface area (Å²) in [6.07, 6.45) is 2.99. The number of amides is 1. The van der Waals surface area contributed by atoms with Crippen LogP contribution in [0.25, 0.3) is 0 Å². The fraction of sp³-hybridized carbons (Fsp3) is 0.417. The summed E-state index contributed by atoms with van der Waals surface area (Å²) in [5.41, 5.74) is 0.252. The van der Waals surface area contributed by atoms with Crippen LogP contribution in [-0.2, 0) is 0 Å². The van der Waals surface area contributed by atoms with E-state index in [0.717, 1.165) is 23.7 Å². The molecule has 0 aromatic heterocycles. The molecule has 5 heteroatoms. The minimum atomic E-state index is -0.232. The van der Waals surface area contributed by atoms with Gasteiger partial charge in [0.1, 0.15) is 0 Å². The standard InChI is InChI=1S/C12H12BrCl2NO/c13-9-4-1-3-8(10(9)15)11(17)16-12(7-14)5-2-6-12/h1,3-4H,2,5-7H2,(H,16,17). The van der Waals surface area contributed by atoms with Gasteiger partial charge in [-0.05, 0) is 47.3 Å². The first-order chi connectivity index (χ1) is 8.08. The number of alkyl halides is 1. The third-order valence-electron chi connectivity index (χ3n) is 3.14. The topological polar surface area (TPSA) is 29.1 Å². The minimum Gasteiger partial charge on any atom is -0.345 e. The second kappa shape index (κ2) is 5.17. The second-order valence-electron chi connectivity index (χ2n) is 4.32. The number of carbonyl (C=O) groups excluding carboxylic acids is 1. The van der Waals surface area contributed by atoms with E-state index in [1.54, 1.807) is 18.2 Å². The summed E-state index contributed by atoms with van der Waals surface area (Å²) in [6, 6.07) is 5.31. The van der Waals surface area contributed by atoms with E-state index < -0.39 is 0 Å². The number of rotatable bonds is 3. The van der Waals surface area contributed by atoms with E-state index in [1.807, 2.05) is 0 Å². The molecule has 17 heavy (non-hydrogen) atoms. The van der Waals surface area contributed by atoms with Crippen LogP contribution < -0.4 is 5.32 Å². The zero-order chi connectivity index (χ0) is 12.5. The first kappa shape index (κ1) is 13.2. The van der Waals surface area contributed by atoms with Crippen LogP contribution in [-0.4, -0.2) is 17.3 Å². The third kappa shape index (κ3) is 2.61. The molecule has 1 aliphatic carbocycles. The van der Waals surface area contributed by atoms with Crippen LogP contribution >= 0.6 is 39.1 Å². The zero-order valence-corrected chi connectivity index (χ0v) is 12.2. The number of benzene rings is 1. The van der Waals surface area contributed by atoms with E-state index in [0.29, 0.717) is 16.5 Å². The first-order valence-electron chi connectivity index (χ1n) is 5.40. The van der Waals surface area contributed by atoms with E-state index >= 15 is 0 Å². The van der Waals surface area contributed by atoms with Crippen molar-refractivity contribution in [3.05, 3.63) is 33.3 Å². The van der Waals surface area contributed by atoms with Gasteiger partial charge in [0.2, 0.25) is 0 Å². The van der Waals surface area contributed by atoms with Crippen molar-refractivity contribution in [3.63, 3.8) is 0 Å². The largest absolute Gasteiger partial charge is 0.345 e. The van der Waals surface area contributed by atoms with Gasteiger partial charge in [0, 0.05) is 10.4 Å². The highest BCUT2D eigenvalue weighted by molar-refractivity contribution is 9.10. The first-order valence-corrected chi connectivity index (χ1v) is 7.11. The predicted molar refractivity (Wildman–Crippen MR) is 73.9 cm³/mol. The molecule has 2 nitrogen and oxygen atoms in total. The number of hydrogen-bond donors (Lipinski definition) is 1. The van der Waals surface area contributed by atoms with E-state index in [1.165, 1.54) is 0 Å². The molecule has 0 spiro atoms. The van der Waals surface area contributed by atoms with Crippen LogP contribution in [0.1, 0.15) is 29.6 Å². The van der Waals surface area contributed by atoms with Crippen molar-refractivity contribution in [2.45, 2.75) is 24.8 Å². The quantitative estimate of drug-likeness (QED) is 0.831. The maximum Gasteiger partial charge on any atom is 0.253 e. The van der Waals surface area contributed by atoms with E-state index in [2.05, 4.69) is 21.2 Å². The molecule has 0 radical (unpaired) electrons. The maximum absolute atomic E-state index is 12.1. The summed E-state index contributed by atoms with van der Waals surface area (Å²) >= 11 is 15.3. The molecule has 2 rings (SSSR count). The molecule has 1 aromatic rings. The molecule has 1 N–H and O–H groups in total. The lowest BCUT2D eigenvalue weighted by molar-refractivity contribution is 0.0854. The average Bonchev–Trinajstić information content (AvgIpc) is 2.27. The molecule has 0 unspecified atom stereocenters. The Labute approximate surface area is 119 Å². The van der Waals surface area contributed by atoms with Crippen LogP contribution in [0, 0.1) is 0 Å². The van der Waals surface area contributed by atoms with Crippen molar-refractivity contribution < 1.29 is 4.79 Å². The average molecular weight is 337 g/mol. The number of carbonyl (C=O) groups is 1. The van der Waals surface area contributed by atoms with Gasteiger partial charge >= 0.3 is 0 Å². The van der Waals surface area contributed by atoms with Gasteiger partial charge in [0.25, 0.3) is 5.91 Å². The lowest BCUT2D eigenvalue weighted by Crippen LogP contribution is -2.55. The van der Waals surface area contributed by atoms with Gasteiger partial charge in [-0.1, -0.05) is 17.7 Å². The molecule has 0 heterocycles. The lowest BCUT2D eigenvalue weighted by atomic mass is 9.78. The normalized spacial score (nSPS) is 17.4. The van der Waals surface area contributed by atoms with Crippen molar-refractivity contribution in [2.24, 2.45) is 0 Å². The lowest BCUT2D eigenvalue weighted by Gasteiger charge is -2.41. The Bertz CT molecular complexity index is 441. The Balaban J connectivity index is 2.17. The summed E-state index contributed by atoms with van der Waals surface area (Å²) in [5.74, 6) is 0.293. The van der Waals surface area contributed by atoms with Crippen LogP contribution in [0.2, 0.25) is 5.02 Å². The molecule has 1 aromatic carbocycles. The second-order valence-corrected chi connectivity index (χ2v) is 5.82. The van der Waals surface area contributed by atoms with E-state index in [4.69, 9.17) is 23.2 Å². The molecule has 0 bridgehead atoms. The molecule has 0 saturated heterocycles. The molecule has 92 valence electrons. The monoisotopic (exact) mass is 335 g/mol. The third-order valence-corrected chi connectivity index (χ3v) is 4.95. The van der Waals surface area contributed by atoms with E-state index in [-0.39, 0.29) is 11.4 Å². The fourth-order valence-corrected chi connectivity index (χ4v) is 2.80. The fourth-order valence-electron chi connectivity index (χ4n) is 1.88. The Hall–Kier alpha value is -0.250. The van der Waals surface area contributed by atoms with Crippen LogP contribution in [0.15, 0.2) is 22.7 Å². The van der Waals surface area contributed by atoms with Crippen LogP contribution in [0.3, 0.4) is 0 Å². The molecule has 1 fully saturated rings. The molecule has 1 saturated carbocycles. The van der Waals surface area contributed by atoms with Gasteiger partial charge in [0.15, 0.2) is 0 Å². The Kier molecular flexibility index (Phi) is 4.01. The summed E-state index contributed by atoms with van der Waals surface area (Å²) in [5, 5.41) is 3.43. The SMILES string of the molecule is O=C(NC1(CCl)CCC1)c1cccc(Br)c1Cl. The maximum atomic E-state index is 12.1. The molecule has 1 amide bonds. The molecule has 1 aliphatic rings. The van der Waals surface area contributed by atoms with Gasteiger partial charge in [-0.15, -0.1) is 11.6 Å². The Morgan fingerprint density at radius 3 is 2.71 bits per heavy atom. The highest BCUT2D eigenvalue weighted by atomic mass is 79.9. The zero-order valence-electron chi connectivity index (χ0n) is 9.10. The highest BCUT2D eigenvalue weighted by Crippen LogP contribution is 2.34. The van der Waals surface area contributed by atoms with Crippen molar-refractivity contribution in [1.29, 1.82) is 0 Å². The van der Waals surface area contributed by atoms with Crippen molar-refractivity contribution in [1.82, 2.24) is 5.32 Å². The van der Waals surface area contributed by atoms with Gasteiger partial charge in [-0.3, -0.25) is 4.79 Å². The molecule has 0 aliphatic heterocycles. The number of hydrogen-bond acceptors (Lipinski definition) is 1. The summed E-state index contributed by atoms with van der Waals surface area (Å²) in [4.78, 5) is 12.1. The van der Waals surface area contributed by atoms with Crippen LogP contribution in [0.4, 0.5) is 0 Å². The van der Waals surface area contributed by atoms with Gasteiger partial charge in [0.05, 0.1) is 16.1 Å². The Morgan fingerprint density at radius 2 is 2.18 bits per heavy atom. The van der Waals surface area contributed by atoms with Gasteiger partial charge in [-0.2, -0.15) is 0 Å².